The van der Waals surface area contributed by atoms with Crippen molar-refractivity contribution >= 4 is 64.6 Å². The van der Waals surface area contributed by atoms with Crippen molar-refractivity contribution in [2.45, 2.75) is 48.8 Å². The molecule has 0 N–H and O–H groups in total. The fraction of sp³-hybridized carbons (Fsp3) is 0.318. The summed E-state index contributed by atoms with van der Waals surface area (Å²) in [6.07, 6.45) is -8.01. The zero-order valence-electron chi connectivity index (χ0n) is 35.3. The van der Waals surface area contributed by atoms with Crippen molar-refractivity contribution in [1.29, 1.82) is 0 Å². The molecule has 0 bridgehead atoms. The first-order chi connectivity index (χ1) is 31.1. The SMILES string of the molecule is Cc1cc(C)cc(Cc2csc(N3CCN(S(=O)(=O)c4cccc(C(F)(F)F)c4)CC3)n2)c1.O=S(=O)(c1cccc(C(F)(F)F)c1)N1CCN(c2nc(Cc3ccc(F)c(Cl)c3)cs2)CC1. The minimum atomic E-state index is -4.62. The van der Waals surface area contributed by atoms with Crippen LogP contribution in [0.15, 0.2) is 105 Å². The molecule has 0 saturated carbocycles. The number of aromatic nitrogens is 2. The Morgan fingerprint density at radius 1 is 0.576 bits per heavy atom. The fourth-order valence-corrected chi connectivity index (χ4v) is 12.4. The summed E-state index contributed by atoms with van der Waals surface area (Å²) in [5, 5.41) is 5.47. The number of thiazole rings is 2. The van der Waals surface area contributed by atoms with Crippen LogP contribution in [-0.4, -0.2) is 87.8 Å². The first-order valence-electron chi connectivity index (χ1n) is 20.3. The molecule has 2 saturated heterocycles. The van der Waals surface area contributed by atoms with Gasteiger partial charge in [-0.05, 0) is 73.5 Å². The van der Waals surface area contributed by atoms with Gasteiger partial charge in [0.15, 0.2) is 10.3 Å². The fourth-order valence-electron chi connectivity index (χ4n) is 7.49. The third-order valence-electron chi connectivity index (χ3n) is 10.7. The number of rotatable bonds is 10. The van der Waals surface area contributed by atoms with Crippen LogP contribution in [-0.2, 0) is 45.2 Å². The summed E-state index contributed by atoms with van der Waals surface area (Å²) in [4.78, 5) is 12.5. The summed E-state index contributed by atoms with van der Waals surface area (Å²) in [6.45, 7) is 6.31. The summed E-state index contributed by atoms with van der Waals surface area (Å²) in [5.41, 5.74) is 4.19. The number of nitrogens with zero attached hydrogens (tertiary/aromatic N) is 6. The van der Waals surface area contributed by atoms with Crippen LogP contribution >= 0.6 is 34.3 Å². The minimum Gasteiger partial charge on any atom is -0.345 e. The van der Waals surface area contributed by atoms with E-state index in [0.29, 0.717) is 49.9 Å². The van der Waals surface area contributed by atoms with Crippen LogP contribution in [0, 0.1) is 19.7 Å². The maximum absolute atomic E-state index is 13.3. The van der Waals surface area contributed by atoms with Crippen LogP contribution in [0.2, 0.25) is 5.02 Å². The average Bonchev–Trinajstić information content (AvgIpc) is 3.94. The predicted octanol–water partition coefficient (Wildman–Crippen LogP) is 9.94. The largest absolute Gasteiger partial charge is 0.416 e. The van der Waals surface area contributed by atoms with Crippen LogP contribution in [0.5, 0.6) is 0 Å². The molecule has 4 heterocycles. The monoisotopic (exact) mass is 1010 g/mol. The Hall–Kier alpha value is -4.64. The second-order valence-corrected chi connectivity index (χ2v) is 21.6. The van der Waals surface area contributed by atoms with Crippen molar-refractivity contribution in [3.63, 3.8) is 0 Å². The number of anilines is 2. The minimum absolute atomic E-state index is 0.0426. The molecule has 0 aliphatic carbocycles. The maximum Gasteiger partial charge on any atom is 0.416 e. The molecule has 2 aliphatic heterocycles. The highest BCUT2D eigenvalue weighted by Gasteiger charge is 2.36. The second-order valence-electron chi connectivity index (χ2n) is 15.7. The molecule has 0 unspecified atom stereocenters. The molecule has 66 heavy (non-hydrogen) atoms. The highest BCUT2D eigenvalue weighted by Crippen LogP contribution is 2.34. The quantitative estimate of drug-likeness (QED) is 0.125. The Bertz CT molecular complexity index is 2880. The molecule has 2 aliphatic rings. The molecule has 4 aromatic carbocycles. The average molecular weight is 1020 g/mol. The Morgan fingerprint density at radius 3 is 1.41 bits per heavy atom. The number of alkyl halides is 6. The van der Waals surface area contributed by atoms with Gasteiger partial charge in [0.1, 0.15) is 5.82 Å². The van der Waals surface area contributed by atoms with E-state index in [2.05, 4.69) is 37.0 Å². The van der Waals surface area contributed by atoms with E-state index < -0.39 is 49.3 Å². The number of sulfonamides is 2. The molecule has 0 atom stereocenters. The lowest BCUT2D eigenvalue weighted by atomic mass is 10.0. The first kappa shape index (κ1) is 49.3. The lowest BCUT2D eigenvalue weighted by molar-refractivity contribution is -0.138. The Morgan fingerprint density at radius 2 is 1.00 bits per heavy atom. The van der Waals surface area contributed by atoms with Gasteiger partial charge in [0.2, 0.25) is 20.0 Å². The van der Waals surface area contributed by atoms with Crippen LogP contribution in [0.1, 0.15) is 44.8 Å². The smallest absolute Gasteiger partial charge is 0.345 e. The Balaban J connectivity index is 0.000000196. The van der Waals surface area contributed by atoms with Gasteiger partial charge in [-0.1, -0.05) is 59.1 Å². The van der Waals surface area contributed by atoms with Gasteiger partial charge < -0.3 is 9.80 Å². The van der Waals surface area contributed by atoms with Gasteiger partial charge in [0, 0.05) is 76.0 Å². The van der Waals surface area contributed by atoms with Gasteiger partial charge in [-0.3, -0.25) is 0 Å². The van der Waals surface area contributed by atoms with Gasteiger partial charge in [-0.25, -0.2) is 31.2 Å². The molecule has 0 amide bonds. The second kappa shape index (κ2) is 19.9. The molecule has 2 aromatic heterocycles. The number of halogens is 8. The molecule has 6 aromatic rings. The van der Waals surface area contributed by atoms with Crippen LogP contribution in [0.3, 0.4) is 0 Å². The van der Waals surface area contributed by atoms with Gasteiger partial charge in [0.05, 0.1) is 37.3 Å². The molecular formula is C44H42ClF7N6O4S4. The van der Waals surface area contributed by atoms with Crippen molar-refractivity contribution < 1.29 is 47.6 Å². The van der Waals surface area contributed by atoms with E-state index in [0.717, 1.165) is 52.8 Å². The lowest BCUT2D eigenvalue weighted by Gasteiger charge is -2.33. The lowest BCUT2D eigenvalue weighted by Crippen LogP contribution is -2.48. The van der Waals surface area contributed by atoms with E-state index in [1.165, 1.54) is 66.2 Å². The summed E-state index contributed by atoms with van der Waals surface area (Å²) in [7, 11) is -8.05. The van der Waals surface area contributed by atoms with E-state index in [-0.39, 0.29) is 41.0 Å². The topological polar surface area (TPSA) is 107 Å². The predicted molar refractivity (Wildman–Crippen MR) is 242 cm³/mol. The first-order valence-corrected chi connectivity index (χ1v) is 25.3. The molecule has 0 spiro atoms. The number of hydrogen-bond acceptors (Lipinski definition) is 10. The van der Waals surface area contributed by atoms with E-state index in [1.54, 1.807) is 12.1 Å². The summed E-state index contributed by atoms with van der Waals surface area (Å²) in [6, 6.07) is 18.6. The van der Waals surface area contributed by atoms with Crippen molar-refractivity contribution in [3.05, 3.63) is 151 Å². The molecule has 0 radical (unpaired) electrons. The maximum atomic E-state index is 13.3. The number of aryl methyl sites for hydroxylation is 2. The standard InChI is InChI=1S/C23H24F3N3O2S2.C21H18ClF4N3O2S2/c1-16-10-17(2)12-18(11-16)13-20-15-32-22(27-20)28-6-8-29(9-7-28)33(30,31)21-5-3-4-19(14-21)23(24,25)26;22-18-11-14(4-5-19(18)23)10-16-13-32-20(27-16)28-6-8-29(9-7-28)33(30,31)17-3-1-2-15(12-17)21(24,25)26/h3-5,10-12,14-15H,6-9,13H2,1-2H3;1-5,11-13H,6-10H2. The number of hydrogen-bond donors (Lipinski definition) is 0. The van der Waals surface area contributed by atoms with E-state index >= 15 is 0 Å². The van der Waals surface area contributed by atoms with Crippen LogP contribution in [0.4, 0.5) is 41.0 Å². The number of piperazine rings is 2. The Labute approximate surface area is 391 Å². The van der Waals surface area contributed by atoms with Gasteiger partial charge in [0.25, 0.3) is 0 Å². The highest BCUT2D eigenvalue weighted by atomic mass is 35.5. The van der Waals surface area contributed by atoms with Crippen molar-refractivity contribution in [1.82, 2.24) is 18.6 Å². The molecule has 22 heteroatoms. The molecule has 10 nitrogen and oxygen atoms in total. The molecule has 8 rings (SSSR count). The summed E-state index contributed by atoms with van der Waals surface area (Å²) < 4.78 is 145. The molecule has 352 valence electrons. The van der Waals surface area contributed by atoms with Crippen molar-refractivity contribution in [3.8, 4) is 0 Å². The van der Waals surface area contributed by atoms with Gasteiger partial charge in [-0.15, -0.1) is 22.7 Å². The van der Waals surface area contributed by atoms with Crippen LogP contribution < -0.4 is 9.80 Å². The van der Waals surface area contributed by atoms with Crippen molar-refractivity contribution in [2.75, 3.05) is 62.2 Å². The zero-order chi connectivity index (χ0) is 47.6. The normalized spacial score (nSPS) is 15.7. The number of benzene rings is 4. The zero-order valence-corrected chi connectivity index (χ0v) is 39.3. The van der Waals surface area contributed by atoms with E-state index in [1.807, 2.05) is 20.6 Å². The van der Waals surface area contributed by atoms with Crippen molar-refractivity contribution in [2.24, 2.45) is 0 Å². The van der Waals surface area contributed by atoms with Gasteiger partial charge >= 0.3 is 12.4 Å². The summed E-state index contributed by atoms with van der Waals surface area (Å²) >= 11 is 8.74. The molecule has 2 fully saturated rings. The van der Waals surface area contributed by atoms with Gasteiger partial charge in [-0.2, -0.15) is 35.0 Å². The molecular weight excluding hydrogens is 973 g/mol. The van der Waals surface area contributed by atoms with E-state index in [9.17, 15) is 47.6 Å². The highest BCUT2D eigenvalue weighted by molar-refractivity contribution is 7.89. The summed E-state index contributed by atoms with van der Waals surface area (Å²) in [5.74, 6) is -0.489. The Kier molecular flexibility index (Phi) is 14.9. The van der Waals surface area contributed by atoms with E-state index in [4.69, 9.17) is 16.6 Å². The third kappa shape index (κ3) is 11.9. The third-order valence-corrected chi connectivity index (χ3v) is 16.7. The van der Waals surface area contributed by atoms with Crippen LogP contribution in [0.25, 0.3) is 0 Å².